The molecule has 0 atom stereocenters. The zero-order valence-corrected chi connectivity index (χ0v) is 12.3. The van der Waals surface area contributed by atoms with Gasteiger partial charge in [0.15, 0.2) is 0 Å². The van der Waals surface area contributed by atoms with Gasteiger partial charge in [-0.1, -0.05) is 26.7 Å². The molecule has 20 heavy (non-hydrogen) atoms. The van der Waals surface area contributed by atoms with Crippen molar-refractivity contribution in [1.82, 2.24) is 10.3 Å². The van der Waals surface area contributed by atoms with Gasteiger partial charge in [0, 0.05) is 12.7 Å². The Morgan fingerprint density at radius 1 is 1.45 bits per heavy atom. The Morgan fingerprint density at radius 3 is 2.75 bits per heavy atom. The summed E-state index contributed by atoms with van der Waals surface area (Å²) in [5.41, 5.74) is 0.230. The van der Waals surface area contributed by atoms with Gasteiger partial charge < -0.3 is 5.32 Å². The third kappa shape index (κ3) is 3.56. The second-order valence-corrected chi connectivity index (χ2v) is 6.33. The molecular formula is C16H23FN2O. The van der Waals surface area contributed by atoms with Crippen LogP contribution < -0.4 is 5.32 Å². The van der Waals surface area contributed by atoms with Crippen LogP contribution in [0.15, 0.2) is 18.3 Å². The Labute approximate surface area is 120 Å². The second kappa shape index (κ2) is 6.33. The van der Waals surface area contributed by atoms with E-state index in [9.17, 15) is 9.18 Å². The van der Waals surface area contributed by atoms with Gasteiger partial charge in [0.1, 0.15) is 0 Å². The highest BCUT2D eigenvalue weighted by Gasteiger charge is 2.34. The van der Waals surface area contributed by atoms with Gasteiger partial charge in [-0.2, -0.15) is 4.39 Å². The maximum Gasteiger partial charge on any atom is 0.255 e. The lowest BCUT2D eigenvalue weighted by molar-refractivity contribution is 0.0917. The first-order valence-electron chi connectivity index (χ1n) is 7.41. The zero-order valence-electron chi connectivity index (χ0n) is 12.3. The number of hydrogen-bond acceptors (Lipinski definition) is 2. The number of halogens is 1. The van der Waals surface area contributed by atoms with Crippen LogP contribution >= 0.6 is 0 Å². The molecule has 1 fully saturated rings. The Kier molecular flexibility index (Phi) is 4.73. The molecule has 1 saturated carbocycles. The van der Waals surface area contributed by atoms with Gasteiger partial charge in [0.2, 0.25) is 5.95 Å². The number of amides is 1. The van der Waals surface area contributed by atoms with Crippen molar-refractivity contribution in [2.45, 2.75) is 46.0 Å². The molecule has 0 bridgehead atoms. The van der Waals surface area contributed by atoms with Crippen LogP contribution in [0.3, 0.4) is 0 Å². The number of carbonyl (C=O) groups is 1. The molecule has 0 saturated heterocycles. The van der Waals surface area contributed by atoms with Crippen molar-refractivity contribution < 1.29 is 9.18 Å². The molecule has 1 aliphatic rings. The highest BCUT2D eigenvalue weighted by molar-refractivity contribution is 5.94. The first kappa shape index (κ1) is 14.9. The van der Waals surface area contributed by atoms with Gasteiger partial charge >= 0.3 is 0 Å². The number of rotatable bonds is 5. The SMILES string of the molecule is CC(C)CC1(CNC(=O)c2cccnc2F)CCCC1. The fraction of sp³-hybridized carbons (Fsp3) is 0.625. The summed E-state index contributed by atoms with van der Waals surface area (Å²) in [4.78, 5) is 15.6. The zero-order chi connectivity index (χ0) is 14.6. The van der Waals surface area contributed by atoms with Crippen molar-refractivity contribution >= 4 is 5.91 Å². The molecule has 0 unspecified atom stereocenters. The van der Waals surface area contributed by atoms with Crippen molar-refractivity contribution in [2.75, 3.05) is 6.54 Å². The van der Waals surface area contributed by atoms with Gasteiger partial charge in [-0.05, 0) is 42.7 Å². The number of carbonyl (C=O) groups excluding carboxylic acids is 1. The van der Waals surface area contributed by atoms with Crippen LogP contribution in [0, 0.1) is 17.3 Å². The molecule has 0 spiro atoms. The third-order valence-electron chi connectivity index (χ3n) is 4.13. The third-order valence-corrected chi connectivity index (χ3v) is 4.13. The minimum Gasteiger partial charge on any atom is -0.351 e. The summed E-state index contributed by atoms with van der Waals surface area (Å²) in [6, 6.07) is 3.05. The first-order chi connectivity index (χ1) is 9.52. The molecule has 0 aliphatic heterocycles. The number of aromatic nitrogens is 1. The van der Waals surface area contributed by atoms with E-state index >= 15 is 0 Å². The average Bonchev–Trinajstić information content (AvgIpc) is 2.84. The predicted molar refractivity (Wildman–Crippen MR) is 76.9 cm³/mol. The summed E-state index contributed by atoms with van der Waals surface area (Å²) >= 11 is 0. The molecule has 1 aromatic rings. The molecule has 3 nitrogen and oxygen atoms in total. The Balaban J connectivity index is 1.99. The Hall–Kier alpha value is -1.45. The monoisotopic (exact) mass is 278 g/mol. The van der Waals surface area contributed by atoms with Crippen LogP contribution in [-0.2, 0) is 0 Å². The second-order valence-electron chi connectivity index (χ2n) is 6.33. The van der Waals surface area contributed by atoms with Crippen LogP contribution in [-0.4, -0.2) is 17.4 Å². The normalized spacial score (nSPS) is 17.4. The maximum absolute atomic E-state index is 13.5. The van der Waals surface area contributed by atoms with Crippen LogP contribution in [0.25, 0.3) is 0 Å². The minimum absolute atomic E-state index is 0.0326. The summed E-state index contributed by atoms with van der Waals surface area (Å²) in [7, 11) is 0. The maximum atomic E-state index is 13.5. The van der Waals surface area contributed by atoms with Crippen LogP contribution in [0.5, 0.6) is 0 Å². The van der Waals surface area contributed by atoms with Crippen LogP contribution in [0.2, 0.25) is 0 Å². The van der Waals surface area contributed by atoms with E-state index in [1.165, 1.54) is 25.1 Å². The molecule has 1 N–H and O–H groups in total. The van der Waals surface area contributed by atoms with Gasteiger partial charge in [0.05, 0.1) is 5.56 Å². The minimum atomic E-state index is -0.700. The van der Waals surface area contributed by atoms with Gasteiger partial charge in [-0.3, -0.25) is 4.79 Å². The van der Waals surface area contributed by atoms with E-state index in [1.807, 2.05) is 0 Å². The summed E-state index contributed by atoms with van der Waals surface area (Å²) < 4.78 is 13.5. The Bertz CT molecular complexity index is 467. The van der Waals surface area contributed by atoms with Gasteiger partial charge in [0.25, 0.3) is 5.91 Å². The topological polar surface area (TPSA) is 42.0 Å². The fourth-order valence-corrected chi connectivity index (χ4v) is 3.36. The fourth-order valence-electron chi connectivity index (χ4n) is 3.36. The van der Waals surface area contributed by atoms with E-state index in [2.05, 4.69) is 24.1 Å². The molecule has 1 aliphatic carbocycles. The standard InChI is InChI=1S/C16H23FN2O/c1-12(2)10-16(7-3-4-8-16)11-19-15(20)13-6-5-9-18-14(13)17/h5-6,9,12H,3-4,7-8,10-11H2,1-2H3,(H,19,20). The van der Waals surface area contributed by atoms with Gasteiger partial charge in [-0.15, -0.1) is 0 Å². The molecule has 110 valence electrons. The van der Waals surface area contributed by atoms with E-state index in [1.54, 1.807) is 6.07 Å². The predicted octanol–water partition coefficient (Wildman–Crippen LogP) is 3.56. The molecule has 1 heterocycles. The average molecular weight is 278 g/mol. The van der Waals surface area contributed by atoms with E-state index in [4.69, 9.17) is 0 Å². The van der Waals surface area contributed by atoms with Crippen molar-refractivity contribution in [1.29, 1.82) is 0 Å². The lowest BCUT2D eigenvalue weighted by Crippen LogP contribution is -2.37. The van der Waals surface area contributed by atoms with E-state index in [0.29, 0.717) is 12.5 Å². The number of pyridine rings is 1. The molecule has 0 aromatic carbocycles. The quantitative estimate of drug-likeness (QED) is 0.837. The lowest BCUT2D eigenvalue weighted by Gasteiger charge is -2.31. The summed E-state index contributed by atoms with van der Waals surface area (Å²) in [5.74, 6) is -0.444. The molecule has 1 aromatic heterocycles. The van der Waals surface area contributed by atoms with Crippen LogP contribution in [0.1, 0.15) is 56.3 Å². The van der Waals surface area contributed by atoms with E-state index in [-0.39, 0.29) is 16.9 Å². The lowest BCUT2D eigenvalue weighted by atomic mass is 9.78. The largest absolute Gasteiger partial charge is 0.351 e. The highest BCUT2D eigenvalue weighted by atomic mass is 19.1. The Morgan fingerprint density at radius 2 is 2.15 bits per heavy atom. The van der Waals surface area contributed by atoms with E-state index in [0.717, 1.165) is 19.3 Å². The van der Waals surface area contributed by atoms with Crippen molar-refractivity contribution in [3.05, 3.63) is 29.8 Å². The number of hydrogen-bond donors (Lipinski definition) is 1. The number of nitrogens with one attached hydrogen (secondary N) is 1. The van der Waals surface area contributed by atoms with E-state index < -0.39 is 5.95 Å². The number of nitrogens with zero attached hydrogens (tertiary/aromatic N) is 1. The summed E-state index contributed by atoms with van der Waals surface area (Å²) in [6.45, 7) is 5.06. The summed E-state index contributed by atoms with van der Waals surface area (Å²) in [6.07, 6.45) is 7.22. The molecule has 4 heteroatoms. The van der Waals surface area contributed by atoms with Crippen molar-refractivity contribution in [3.63, 3.8) is 0 Å². The first-order valence-corrected chi connectivity index (χ1v) is 7.41. The van der Waals surface area contributed by atoms with Crippen molar-refractivity contribution in [2.24, 2.45) is 11.3 Å². The molecular weight excluding hydrogens is 255 g/mol. The molecule has 1 amide bonds. The smallest absolute Gasteiger partial charge is 0.255 e. The summed E-state index contributed by atoms with van der Waals surface area (Å²) in [5, 5.41) is 2.91. The highest BCUT2D eigenvalue weighted by Crippen LogP contribution is 2.42. The van der Waals surface area contributed by atoms with Gasteiger partial charge in [-0.25, -0.2) is 4.98 Å². The van der Waals surface area contributed by atoms with Crippen LogP contribution in [0.4, 0.5) is 4.39 Å². The van der Waals surface area contributed by atoms with Crippen molar-refractivity contribution in [3.8, 4) is 0 Å². The molecule has 2 rings (SSSR count). The molecule has 0 radical (unpaired) electrons.